The summed E-state index contributed by atoms with van der Waals surface area (Å²) in [4.78, 5) is 14.1. The molecule has 0 radical (unpaired) electrons. The van der Waals surface area contributed by atoms with Crippen LogP contribution < -0.4 is 5.73 Å². The van der Waals surface area contributed by atoms with Gasteiger partial charge in [0.1, 0.15) is 6.61 Å². The fourth-order valence-corrected chi connectivity index (χ4v) is 2.90. The summed E-state index contributed by atoms with van der Waals surface area (Å²) in [5.74, 6) is 0.668. The summed E-state index contributed by atoms with van der Waals surface area (Å²) in [6, 6.07) is 10.3. The van der Waals surface area contributed by atoms with Crippen LogP contribution in [0.25, 0.3) is 0 Å². The minimum Gasteiger partial charge on any atom is -0.379 e. The summed E-state index contributed by atoms with van der Waals surface area (Å²) in [5, 5.41) is 0. The van der Waals surface area contributed by atoms with Crippen LogP contribution in [0.15, 0.2) is 30.3 Å². The number of carbonyl (C=O) groups is 1. The van der Waals surface area contributed by atoms with Gasteiger partial charge in [0.05, 0.1) is 13.2 Å². The molecule has 122 valence electrons. The molecule has 1 aliphatic rings. The molecular weight excluding hydrogens is 280 g/mol. The highest BCUT2D eigenvalue weighted by molar-refractivity contribution is 5.78. The highest BCUT2D eigenvalue weighted by Gasteiger charge is 2.35. The highest BCUT2D eigenvalue weighted by Crippen LogP contribution is 2.31. The predicted molar refractivity (Wildman–Crippen MR) is 85.6 cm³/mol. The number of likely N-dealkylation sites (tertiary alicyclic amines) is 1. The molecule has 1 heterocycles. The lowest BCUT2D eigenvalue weighted by Gasteiger charge is -2.17. The van der Waals surface area contributed by atoms with Gasteiger partial charge >= 0.3 is 0 Å². The number of nitrogens with zero attached hydrogens (tertiary/aromatic N) is 1. The van der Waals surface area contributed by atoms with Crippen LogP contribution in [0.2, 0.25) is 0 Å². The van der Waals surface area contributed by atoms with Gasteiger partial charge in [-0.3, -0.25) is 4.79 Å². The summed E-state index contributed by atoms with van der Waals surface area (Å²) >= 11 is 0. The SMILES string of the molecule is CCOCCOCC(=O)N1C[C@@H](CN)[C@H](c2ccccc2)C1. The number of nitrogens with two attached hydrogens (primary N) is 1. The number of ether oxygens (including phenoxy) is 2. The molecule has 1 aromatic rings. The molecule has 22 heavy (non-hydrogen) atoms. The van der Waals surface area contributed by atoms with Crippen molar-refractivity contribution in [1.82, 2.24) is 4.90 Å². The van der Waals surface area contributed by atoms with E-state index in [1.165, 1.54) is 5.56 Å². The van der Waals surface area contributed by atoms with Gasteiger partial charge in [0.2, 0.25) is 5.91 Å². The second-order valence-corrected chi connectivity index (χ2v) is 5.56. The van der Waals surface area contributed by atoms with Gasteiger partial charge < -0.3 is 20.1 Å². The molecule has 0 bridgehead atoms. The van der Waals surface area contributed by atoms with Crippen molar-refractivity contribution in [1.29, 1.82) is 0 Å². The Bertz CT molecular complexity index is 452. The van der Waals surface area contributed by atoms with Crippen LogP contribution in [-0.4, -0.2) is 56.9 Å². The first kappa shape index (κ1) is 16.9. The average Bonchev–Trinajstić information content (AvgIpc) is 3.00. The van der Waals surface area contributed by atoms with Crippen molar-refractivity contribution >= 4 is 5.91 Å². The van der Waals surface area contributed by atoms with E-state index < -0.39 is 0 Å². The summed E-state index contributed by atoms with van der Waals surface area (Å²) in [6.07, 6.45) is 0. The molecule has 0 aliphatic carbocycles. The largest absolute Gasteiger partial charge is 0.379 e. The fraction of sp³-hybridized carbons (Fsp3) is 0.588. The van der Waals surface area contributed by atoms with E-state index in [1.54, 1.807) is 0 Å². The second kappa shape index (κ2) is 8.88. The van der Waals surface area contributed by atoms with Crippen LogP contribution in [0, 0.1) is 5.92 Å². The maximum atomic E-state index is 12.2. The Hall–Kier alpha value is -1.43. The Morgan fingerprint density at radius 1 is 1.23 bits per heavy atom. The molecule has 1 aliphatic heterocycles. The van der Waals surface area contributed by atoms with E-state index in [0.29, 0.717) is 44.7 Å². The second-order valence-electron chi connectivity index (χ2n) is 5.56. The molecule has 1 aromatic carbocycles. The van der Waals surface area contributed by atoms with E-state index in [1.807, 2.05) is 30.0 Å². The number of benzene rings is 1. The highest BCUT2D eigenvalue weighted by atomic mass is 16.5. The Morgan fingerprint density at radius 2 is 1.95 bits per heavy atom. The predicted octanol–water partition coefficient (Wildman–Crippen LogP) is 1.24. The van der Waals surface area contributed by atoms with Gasteiger partial charge in [0.25, 0.3) is 0 Å². The summed E-state index contributed by atoms with van der Waals surface area (Å²) < 4.78 is 10.6. The lowest BCUT2D eigenvalue weighted by atomic mass is 9.89. The monoisotopic (exact) mass is 306 g/mol. The molecule has 0 saturated carbocycles. The van der Waals surface area contributed by atoms with Crippen LogP contribution in [0.1, 0.15) is 18.4 Å². The zero-order chi connectivity index (χ0) is 15.8. The van der Waals surface area contributed by atoms with Crippen LogP contribution in [-0.2, 0) is 14.3 Å². The quantitative estimate of drug-likeness (QED) is 0.734. The minimum absolute atomic E-state index is 0.0355. The lowest BCUT2D eigenvalue weighted by Crippen LogP contribution is -2.33. The molecule has 1 saturated heterocycles. The molecule has 5 nitrogen and oxygen atoms in total. The molecule has 0 unspecified atom stereocenters. The molecule has 0 spiro atoms. The first-order valence-electron chi connectivity index (χ1n) is 7.94. The maximum Gasteiger partial charge on any atom is 0.248 e. The smallest absolute Gasteiger partial charge is 0.248 e. The van der Waals surface area contributed by atoms with Crippen molar-refractivity contribution in [3.63, 3.8) is 0 Å². The number of amides is 1. The van der Waals surface area contributed by atoms with E-state index in [9.17, 15) is 4.79 Å². The van der Waals surface area contributed by atoms with Crippen LogP contribution in [0.4, 0.5) is 0 Å². The van der Waals surface area contributed by atoms with Crippen molar-refractivity contribution in [2.24, 2.45) is 11.7 Å². The first-order chi connectivity index (χ1) is 10.8. The molecular formula is C17H26N2O3. The van der Waals surface area contributed by atoms with Crippen molar-refractivity contribution in [3.05, 3.63) is 35.9 Å². The number of hydrogen-bond acceptors (Lipinski definition) is 4. The normalized spacial score (nSPS) is 21.3. The summed E-state index contributed by atoms with van der Waals surface area (Å²) in [7, 11) is 0. The fourth-order valence-electron chi connectivity index (χ4n) is 2.90. The zero-order valence-electron chi connectivity index (χ0n) is 13.2. The van der Waals surface area contributed by atoms with Crippen LogP contribution in [0.5, 0.6) is 0 Å². The third-order valence-electron chi connectivity index (χ3n) is 4.13. The van der Waals surface area contributed by atoms with Gasteiger partial charge in [-0.05, 0) is 24.9 Å². The number of rotatable bonds is 8. The Balaban J connectivity index is 1.84. The standard InChI is InChI=1S/C17H26N2O3/c1-2-21-8-9-22-13-17(20)19-11-15(10-18)16(12-19)14-6-4-3-5-7-14/h3-7,15-16H,2,8-13,18H2,1H3/t15-,16+/m1/s1. The average molecular weight is 306 g/mol. The molecule has 1 amide bonds. The van der Waals surface area contributed by atoms with Gasteiger partial charge in [-0.15, -0.1) is 0 Å². The van der Waals surface area contributed by atoms with Gasteiger partial charge in [-0.25, -0.2) is 0 Å². The van der Waals surface area contributed by atoms with Gasteiger partial charge in [0, 0.05) is 25.6 Å². The first-order valence-corrected chi connectivity index (χ1v) is 7.94. The molecule has 0 aromatic heterocycles. The molecule has 2 atom stereocenters. The van der Waals surface area contributed by atoms with Gasteiger partial charge in [-0.2, -0.15) is 0 Å². The van der Waals surface area contributed by atoms with Crippen molar-refractivity contribution < 1.29 is 14.3 Å². The van der Waals surface area contributed by atoms with Gasteiger partial charge in [0.15, 0.2) is 0 Å². The van der Waals surface area contributed by atoms with Gasteiger partial charge in [-0.1, -0.05) is 30.3 Å². The van der Waals surface area contributed by atoms with Crippen LogP contribution in [0.3, 0.4) is 0 Å². The number of hydrogen-bond donors (Lipinski definition) is 1. The van der Waals surface area contributed by atoms with E-state index in [0.717, 1.165) is 6.54 Å². The van der Waals surface area contributed by atoms with Crippen molar-refractivity contribution in [2.75, 3.05) is 46.1 Å². The van der Waals surface area contributed by atoms with Crippen molar-refractivity contribution in [3.8, 4) is 0 Å². The molecule has 5 heteroatoms. The minimum atomic E-state index is 0.0355. The number of carbonyl (C=O) groups excluding carboxylic acids is 1. The van der Waals surface area contributed by atoms with E-state index in [2.05, 4.69) is 12.1 Å². The summed E-state index contributed by atoms with van der Waals surface area (Å²) in [5.41, 5.74) is 7.15. The van der Waals surface area contributed by atoms with E-state index >= 15 is 0 Å². The maximum absolute atomic E-state index is 12.2. The van der Waals surface area contributed by atoms with Crippen LogP contribution >= 0.6 is 0 Å². The molecule has 2 N–H and O–H groups in total. The molecule has 2 rings (SSSR count). The molecule has 1 fully saturated rings. The third-order valence-corrected chi connectivity index (χ3v) is 4.13. The zero-order valence-corrected chi connectivity index (χ0v) is 13.2. The van der Waals surface area contributed by atoms with E-state index in [-0.39, 0.29) is 12.5 Å². The van der Waals surface area contributed by atoms with Crippen molar-refractivity contribution in [2.45, 2.75) is 12.8 Å². The topological polar surface area (TPSA) is 64.8 Å². The third kappa shape index (κ3) is 4.53. The summed E-state index contributed by atoms with van der Waals surface area (Å²) in [6.45, 7) is 5.73. The Labute approximate surface area is 132 Å². The lowest BCUT2D eigenvalue weighted by molar-refractivity contribution is -0.135. The Kier molecular flexibility index (Phi) is 6.83. The Morgan fingerprint density at radius 3 is 2.64 bits per heavy atom. The van der Waals surface area contributed by atoms with E-state index in [4.69, 9.17) is 15.2 Å².